The molecule has 2 fully saturated rings. The van der Waals surface area contributed by atoms with E-state index in [2.05, 4.69) is 10.6 Å². The molecule has 2 aliphatic rings. The fourth-order valence-electron chi connectivity index (χ4n) is 3.43. The molecule has 6 heteroatoms. The number of nitro groups is 1. The molecule has 0 radical (unpaired) electrons. The molecule has 0 aliphatic carbocycles. The second kappa shape index (κ2) is 5.44. The first kappa shape index (κ1) is 14.0. The molecule has 2 saturated heterocycles. The Morgan fingerprint density at radius 3 is 2.90 bits per heavy atom. The van der Waals surface area contributed by atoms with Crippen LogP contribution in [0.25, 0.3) is 0 Å². The van der Waals surface area contributed by atoms with E-state index in [1.165, 1.54) is 12.1 Å². The SMILES string of the molecule is CC(NC(=O)C1CC2CCC1N2)c1cccc([N+](=O)[O-])c1. The van der Waals surface area contributed by atoms with Gasteiger partial charge in [0.2, 0.25) is 5.91 Å². The molecule has 21 heavy (non-hydrogen) atoms. The summed E-state index contributed by atoms with van der Waals surface area (Å²) in [6, 6.07) is 6.98. The molecule has 0 aromatic heterocycles. The second-order valence-corrected chi connectivity index (χ2v) is 5.97. The molecule has 2 N–H and O–H groups in total. The van der Waals surface area contributed by atoms with E-state index in [1.54, 1.807) is 12.1 Å². The van der Waals surface area contributed by atoms with Crippen LogP contribution in [0, 0.1) is 16.0 Å². The molecule has 2 heterocycles. The molecule has 3 rings (SSSR count). The molecular weight excluding hydrogens is 270 g/mol. The van der Waals surface area contributed by atoms with Gasteiger partial charge in [-0.2, -0.15) is 0 Å². The lowest BCUT2D eigenvalue weighted by atomic mass is 9.88. The van der Waals surface area contributed by atoms with Gasteiger partial charge in [-0.3, -0.25) is 14.9 Å². The summed E-state index contributed by atoms with van der Waals surface area (Å²) in [5, 5.41) is 17.2. The highest BCUT2D eigenvalue weighted by Crippen LogP contribution is 2.33. The first-order chi connectivity index (χ1) is 10.0. The summed E-state index contributed by atoms with van der Waals surface area (Å²) in [4.78, 5) is 22.7. The molecule has 1 aromatic rings. The quantitative estimate of drug-likeness (QED) is 0.655. The molecule has 0 spiro atoms. The van der Waals surface area contributed by atoms with E-state index in [9.17, 15) is 14.9 Å². The monoisotopic (exact) mass is 289 g/mol. The van der Waals surface area contributed by atoms with Crippen LogP contribution in [0.2, 0.25) is 0 Å². The average molecular weight is 289 g/mol. The number of nitrogens with zero attached hydrogens (tertiary/aromatic N) is 1. The van der Waals surface area contributed by atoms with Crippen LogP contribution in [0.1, 0.15) is 37.8 Å². The summed E-state index contributed by atoms with van der Waals surface area (Å²) in [7, 11) is 0. The third-order valence-corrected chi connectivity index (χ3v) is 4.58. The van der Waals surface area contributed by atoms with E-state index in [4.69, 9.17) is 0 Å². The van der Waals surface area contributed by atoms with E-state index < -0.39 is 4.92 Å². The Balaban J connectivity index is 1.66. The fourth-order valence-corrected chi connectivity index (χ4v) is 3.43. The van der Waals surface area contributed by atoms with Crippen LogP contribution >= 0.6 is 0 Å². The highest BCUT2D eigenvalue weighted by atomic mass is 16.6. The molecule has 1 aromatic carbocycles. The van der Waals surface area contributed by atoms with Crippen molar-refractivity contribution < 1.29 is 9.72 Å². The standard InChI is InChI=1S/C15H19N3O3/c1-9(10-3-2-4-12(7-10)18(20)21)16-15(19)13-8-11-5-6-14(13)17-11/h2-4,7,9,11,13-14,17H,5-6,8H2,1H3,(H,16,19). The molecule has 0 saturated carbocycles. The number of carbonyl (C=O) groups is 1. The van der Waals surface area contributed by atoms with Crippen molar-refractivity contribution in [1.29, 1.82) is 0 Å². The highest BCUT2D eigenvalue weighted by molar-refractivity contribution is 5.80. The minimum absolute atomic E-state index is 0.0323. The van der Waals surface area contributed by atoms with Crippen LogP contribution in [0.5, 0.6) is 0 Å². The summed E-state index contributed by atoms with van der Waals surface area (Å²) < 4.78 is 0. The number of nitro benzene ring substituents is 1. The normalized spacial score (nSPS) is 28.3. The maximum absolute atomic E-state index is 12.4. The van der Waals surface area contributed by atoms with Crippen LogP contribution < -0.4 is 10.6 Å². The van der Waals surface area contributed by atoms with Crippen molar-refractivity contribution in [2.24, 2.45) is 5.92 Å². The number of non-ortho nitro benzene ring substituents is 1. The number of rotatable bonds is 4. The van der Waals surface area contributed by atoms with Crippen LogP contribution in [-0.4, -0.2) is 22.9 Å². The van der Waals surface area contributed by atoms with E-state index >= 15 is 0 Å². The molecule has 4 unspecified atom stereocenters. The zero-order valence-corrected chi connectivity index (χ0v) is 11.9. The molecule has 4 atom stereocenters. The topological polar surface area (TPSA) is 84.3 Å². The van der Waals surface area contributed by atoms with Gasteiger partial charge < -0.3 is 10.6 Å². The van der Waals surface area contributed by atoms with Gasteiger partial charge in [0, 0.05) is 24.2 Å². The fraction of sp³-hybridized carbons (Fsp3) is 0.533. The number of benzene rings is 1. The van der Waals surface area contributed by atoms with E-state index in [0.717, 1.165) is 24.8 Å². The summed E-state index contributed by atoms with van der Waals surface area (Å²) in [6.45, 7) is 1.86. The predicted molar refractivity (Wildman–Crippen MR) is 77.7 cm³/mol. The minimum atomic E-state index is -0.419. The lowest BCUT2D eigenvalue weighted by molar-refractivity contribution is -0.384. The summed E-state index contributed by atoms with van der Waals surface area (Å²) >= 11 is 0. The molecule has 6 nitrogen and oxygen atoms in total. The van der Waals surface area contributed by atoms with Crippen LogP contribution in [0.4, 0.5) is 5.69 Å². The van der Waals surface area contributed by atoms with Gasteiger partial charge in [-0.05, 0) is 31.7 Å². The van der Waals surface area contributed by atoms with Crippen molar-refractivity contribution in [2.75, 3.05) is 0 Å². The predicted octanol–water partition coefficient (Wildman–Crippen LogP) is 1.91. The van der Waals surface area contributed by atoms with Crippen molar-refractivity contribution in [1.82, 2.24) is 10.6 Å². The average Bonchev–Trinajstić information content (AvgIpc) is 3.10. The van der Waals surface area contributed by atoms with Gasteiger partial charge in [-0.15, -0.1) is 0 Å². The van der Waals surface area contributed by atoms with Crippen molar-refractivity contribution >= 4 is 11.6 Å². The first-order valence-electron chi connectivity index (χ1n) is 7.35. The van der Waals surface area contributed by atoms with Crippen molar-refractivity contribution in [3.63, 3.8) is 0 Å². The first-order valence-corrected chi connectivity index (χ1v) is 7.35. The number of fused-ring (bicyclic) bond motifs is 2. The van der Waals surface area contributed by atoms with Gasteiger partial charge in [0.15, 0.2) is 0 Å². The molecule has 112 valence electrons. The van der Waals surface area contributed by atoms with Crippen LogP contribution in [0.15, 0.2) is 24.3 Å². The lowest BCUT2D eigenvalue weighted by Gasteiger charge is -2.22. The van der Waals surface area contributed by atoms with Gasteiger partial charge in [0.25, 0.3) is 5.69 Å². The van der Waals surface area contributed by atoms with Crippen molar-refractivity contribution in [2.45, 2.75) is 44.3 Å². The number of nitrogens with one attached hydrogen (secondary N) is 2. The minimum Gasteiger partial charge on any atom is -0.349 e. The number of carbonyl (C=O) groups excluding carboxylic acids is 1. The molecule has 2 aliphatic heterocycles. The Hall–Kier alpha value is -1.95. The Kier molecular flexibility index (Phi) is 3.63. The number of hydrogen-bond donors (Lipinski definition) is 2. The van der Waals surface area contributed by atoms with Gasteiger partial charge in [-0.1, -0.05) is 12.1 Å². The maximum Gasteiger partial charge on any atom is 0.269 e. The second-order valence-electron chi connectivity index (χ2n) is 5.97. The Morgan fingerprint density at radius 1 is 1.48 bits per heavy atom. The zero-order chi connectivity index (χ0) is 15.0. The highest BCUT2D eigenvalue weighted by Gasteiger charge is 2.42. The molecule has 1 amide bonds. The van der Waals surface area contributed by atoms with Gasteiger partial charge >= 0.3 is 0 Å². The summed E-state index contributed by atoms with van der Waals surface area (Å²) in [5.41, 5.74) is 0.809. The maximum atomic E-state index is 12.4. The summed E-state index contributed by atoms with van der Waals surface area (Å²) in [6.07, 6.45) is 3.13. The van der Waals surface area contributed by atoms with Crippen molar-refractivity contribution in [3.05, 3.63) is 39.9 Å². The largest absolute Gasteiger partial charge is 0.349 e. The third-order valence-electron chi connectivity index (χ3n) is 4.58. The number of hydrogen-bond acceptors (Lipinski definition) is 4. The summed E-state index contributed by atoms with van der Waals surface area (Å²) in [5.74, 6) is 0.0820. The number of amides is 1. The van der Waals surface area contributed by atoms with Crippen molar-refractivity contribution in [3.8, 4) is 0 Å². The molecular formula is C15H19N3O3. The van der Waals surface area contributed by atoms with Gasteiger partial charge in [0.05, 0.1) is 16.9 Å². The zero-order valence-electron chi connectivity index (χ0n) is 11.9. The Labute approximate surface area is 123 Å². The van der Waals surface area contributed by atoms with Crippen LogP contribution in [-0.2, 0) is 4.79 Å². The molecule has 2 bridgehead atoms. The smallest absolute Gasteiger partial charge is 0.269 e. The van der Waals surface area contributed by atoms with E-state index in [1.807, 2.05) is 6.92 Å². The van der Waals surface area contributed by atoms with Gasteiger partial charge in [0.1, 0.15) is 0 Å². The van der Waals surface area contributed by atoms with Gasteiger partial charge in [-0.25, -0.2) is 0 Å². The lowest BCUT2D eigenvalue weighted by Crippen LogP contribution is -2.38. The Bertz CT molecular complexity index is 575. The van der Waals surface area contributed by atoms with Crippen LogP contribution in [0.3, 0.4) is 0 Å². The van der Waals surface area contributed by atoms with E-state index in [0.29, 0.717) is 12.1 Å². The van der Waals surface area contributed by atoms with E-state index in [-0.39, 0.29) is 23.6 Å². The Morgan fingerprint density at radius 2 is 2.29 bits per heavy atom. The third kappa shape index (κ3) is 2.76.